The summed E-state index contributed by atoms with van der Waals surface area (Å²) < 4.78 is 11.6. The van der Waals surface area contributed by atoms with Gasteiger partial charge in [-0.1, -0.05) is 65.8 Å². The molecule has 0 unspecified atom stereocenters. The van der Waals surface area contributed by atoms with Crippen LogP contribution in [-0.2, 0) is 10.8 Å². The van der Waals surface area contributed by atoms with Crippen LogP contribution in [0.2, 0.25) is 0 Å². The summed E-state index contributed by atoms with van der Waals surface area (Å²) in [6.07, 6.45) is 0. The highest BCUT2D eigenvalue weighted by Gasteiger charge is 2.21. The molecule has 7 heteroatoms. The van der Waals surface area contributed by atoms with Gasteiger partial charge in [0.1, 0.15) is 11.4 Å². The smallest absolute Gasteiger partial charge is 0.246 e. The van der Waals surface area contributed by atoms with Gasteiger partial charge in [-0.25, -0.2) is 0 Å². The van der Waals surface area contributed by atoms with E-state index in [1.165, 1.54) is 0 Å². The number of hydrogen-bond acceptors (Lipinski definition) is 5. The zero-order valence-electron chi connectivity index (χ0n) is 20.9. The van der Waals surface area contributed by atoms with E-state index < -0.39 is 0 Å². The number of pyridine rings is 1. The monoisotopic (exact) mass is 478 g/mol. The molecule has 4 N–H and O–H groups in total. The Balaban J connectivity index is 1.89. The SMILES string of the molecule is COc1ccc(NC(=S)Nc2cc(C(C)(C)C)ccc2N)c(Oc2ccccc2C(C)(C)C)n1. The number of methoxy groups -OCH3 is 1. The summed E-state index contributed by atoms with van der Waals surface area (Å²) in [5.74, 6) is 1.52. The number of benzene rings is 2. The Morgan fingerprint density at radius 3 is 2.21 bits per heavy atom. The van der Waals surface area contributed by atoms with Crippen molar-refractivity contribution in [1.29, 1.82) is 0 Å². The van der Waals surface area contributed by atoms with Crippen molar-refractivity contribution in [3.63, 3.8) is 0 Å². The Morgan fingerprint density at radius 1 is 0.882 bits per heavy atom. The summed E-state index contributed by atoms with van der Waals surface area (Å²) in [6.45, 7) is 12.9. The minimum absolute atomic E-state index is 0.0134. The van der Waals surface area contributed by atoms with Crippen molar-refractivity contribution in [3.8, 4) is 17.5 Å². The molecule has 0 saturated heterocycles. The minimum atomic E-state index is -0.102. The molecule has 0 fully saturated rings. The third-order valence-corrected chi connectivity index (χ3v) is 5.57. The fraction of sp³-hybridized carbons (Fsp3) is 0.333. The van der Waals surface area contributed by atoms with E-state index in [2.05, 4.69) is 63.2 Å². The highest BCUT2D eigenvalue weighted by atomic mass is 32.1. The second kappa shape index (κ2) is 9.89. The van der Waals surface area contributed by atoms with Crippen molar-refractivity contribution in [2.75, 3.05) is 23.5 Å². The zero-order valence-corrected chi connectivity index (χ0v) is 21.8. The van der Waals surface area contributed by atoms with E-state index in [1.54, 1.807) is 13.2 Å². The summed E-state index contributed by atoms with van der Waals surface area (Å²) in [5.41, 5.74) is 10.3. The molecule has 0 aliphatic heterocycles. The zero-order chi connectivity index (χ0) is 25.1. The van der Waals surface area contributed by atoms with Gasteiger partial charge in [-0.15, -0.1) is 0 Å². The molecular formula is C27H34N4O2S. The van der Waals surface area contributed by atoms with Crippen LogP contribution in [0.3, 0.4) is 0 Å². The number of nitrogens with zero attached hydrogens (tertiary/aromatic N) is 1. The fourth-order valence-corrected chi connectivity index (χ4v) is 3.62. The molecule has 180 valence electrons. The van der Waals surface area contributed by atoms with Crippen LogP contribution in [0.1, 0.15) is 52.7 Å². The number of anilines is 3. The first-order chi connectivity index (χ1) is 15.9. The Hall–Kier alpha value is -3.32. The van der Waals surface area contributed by atoms with Gasteiger partial charge in [-0.05, 0) is 52.9 Å². The van der Waals surface area contributed by atoms with Crippen LogP contribution in [0.25, 0.3) is 0 Å². The highest BCUT2D eigenvalue weighted by Crippen LogP contribution is 2.37. The molecule has 34 heavy (non-hydrogen) atoms. The Kier molecular flexibility index (Phi) is 7.36. The van der Waals surface area contributed by atoms with Gasteiger partial charge in [0.25, 0.3) is 0 Å². The number of nitrogen functional groups attached to an aromatic ring is 1. The van der Waals surface area contributed by atoms with Crippen LogP contribution in [-0.4, -0.2) is 17.2 Å². The van der Waals surface area contributed by atoms with Gasteiger partial charge in [0.15, 0.2) is 5.11 Å². The second-order valence-corrected chi connectivity index (χ2v) is 10.6. The lowest BCUT2D eigenvalue weighted by Crippen LogP contribution is -2.21. The van der Waals surface area contributed by atoms with E-state index in [1.807, 2.05) is 42.5 Å². The maximum atomic E-state index is 6.28. The van der Waals surface area contributed by atoms with Gasteiger partial charge >= 0.3 is 0 Å². The minimum Gasteiger partial charge on any atom is -0.481 e. The van der Waals surface area contributed by atoms with Crippen LogP contribution in [0.4, 0.5) is 17.1 Å². The van der Waals surface area contributed by atoms with Gasteiger partial charge in [0, 0.05) is 11.6 Å². The van der Waals surface area contributed by atoms with E-state index in [0.717, 1.165) is 22.6 Å². The third-order valence-electron chi connectivity index (χ3n) is 5.36. The number of thiocarbonyl (C=S) groups is 1. The predicted octanol–water partition coefficient (Wildman–Crippen LogP) is 6.87. The van der Waals surface area contributed by atoms with Crippen molar-refractivity contribution in [2.24, 2.45) is 0 Å². The molecule has 3 aromatic rings. The fourth-order valence-electron chi connectivity index (χ4n) is 3.40. The average molecular weight is 479 g/mol. The van der Waals surface area contributed by atoms with Gasteiger partial charge < -0.3 is 25.8 Å². The Labute approximate surface area is 207 Å². The summed E-state index contributed by atoms with van der Waals surface area (Å²) in [4.78, 5) is 4.51. The van der Waals surface area contributed by atoms with E-state index in [0.29, 0.717) is 28.2 Å². The third kappa shape index (κ3) is 6.17. The topological polar surface area (TPSA) is 81.4 Å². The van der Waals surface area contributed by atoms with Gasteiger partial charge in [0.05, 0.1) is 18.5 Å². The largest absolute Gasteiger partial charge is 0.481 e. The standard InChI is InChI=1S/C27H34N4O2S/c1-26(2,3)17-12-13-19(28)21(16-17)30-25(34)29-20-14-15-23(32-7)31-24(20)33-22-11-9-8-10-18(22)27(4,5)6/h8-16H,28H2,1-7H3,(H2,29,30,34). The number of hydrogen-bond donors (Lipinski definition) is 3. The molecule has 0 aliphatic carbocycles. The van der Waals surface area contributed by atoms with E-state index >= 15 is 0 Å². The Bertz CT molecular complexity index is 1180. The second-order valence-electron chi connectivity index (χ2n) is 10.2. The molecular weight excluding hydrogens is 444 g/mol. The van der Waals surface area contributed by atoms with E-state index in [4.69, 9.17) is 27.4 Å². The molecule has 0 radical (unpaired) electrons. The molecule has 1 heterocycles. The van der Waals surface area contributed by atoms with Crippen LogP contribution in [0.15, 0.2) is 54.6 Å². The first kappa shape index (κ1) is 25.3. The van der Waals surface area contributed by atoms with Crippen LogP contribution >= 0.6 is 12.2 Å². The molecule has 0 atom stereocenters. The van der Waals surface area contributed by atoms with Crippen molar-refractivity contribution in [3.05, 3.63) is 65.7 Å². The Morgan fingerprint density at radius 2 is 1.56 bits per heavy atom. The molecule has 0 spiro atoms. The molecule has 0 bridgehead atoms. The van der Waals surface area contributed by atoms with E-state index in [9.17, 15) is 0 Å². The molecule has 2 aromatic carbocycles. The summed E-state index contributed by atoms with van der Waals surface area (Å²) in [6, 6.07) is 17.4. The van der Waals surface area contributed by atoms with Crippen molar-refractivity contribution >= 4 is 34.4 Å². The van der Waals surface area contributed by atoms with Crippen molar-refractivity contribution < 1.29 is 9.47 Å². The van der Waals surface area contributed by atoms with Gasteiger partial charge in [-0.3, -0.25) is 0 Å². The molecule has 1 aromatic heterocycles. The lowest BCUT2D eigenvalue weighted by molar-refractivity contribution is 0.381. The number of nitrogens with one attached hydrogen (secondary N) is 2. The number of rotatable bonds is 5. The first-order valence-corrected chi connectivity index (χ1v) is 11.6. The maximum absolute atomic E-state index is 6.28. The lowest BCUT2D eigenvalue weighted by atomic mass is 9.86. The number of nitrogens with two attached hydrogens (primary N) is 1. The first-order valence-electron chi connectivity index (χ1n) is 11.2. The predicted molar refractivity (Wildman–Crippen MR) is 145 cm³/mol. The van der Waals surface area contributed by atoms with Gasteiger partial charge in [-0.2, -0.15) is 4.98 Å². The molecule has 3 rings (SSSR count). The summed E-state index contributed by atoms with van der Waals surface area (Å²) in [7, 11) is 1.57. The number of ether oxygens (including phenoxy) is 2. The van der Waals surface area contributed by atoms with Crippen LogP contribution < -0.4 is 25.8 Å². The quantitative estimate of drug-likeness (QED) is 0.273. The highest BCUT2D eigenvalue weighted by molar-refractivity contribution is 7.80. The lowest BCUT2D eigenvalue weighted by Gasteiger charge is -2.23. The molecule has 0 amide bonds. The summed E-state index contributed by atoms with van der Waals surface area (Å²) in [5, 5.41) is 6.78. The number of aromatic nitrogens is 1. The molecule has 6 nitrogen and oxygen atoms in total. The summed E-state index contributed by atoms with van der Waals surface area (Å²) >= 11 is 5.59. The van der Waals surface area contributed by atoms with E-state index in [-0.39, 0.29) is 10.8 Å². The van der Waals surface area contributed by atoms with Crippen molar-refractivity contribution in [2.45, 2.75) is 52.4 Å². The van der Waals surface area contributed by atoms with Crippen LogP contribution in [0.5, 0.6) is 17.5 Å². The normalized spacial score (nSPS) is 11.6. The van der Waals surface area contributed by atoms with Crippen molar-refractivity contribution in [1.82, 2.24) is 4.98 Å². The maximum Gasteiger partial charge on any atom is 0.246 e. The van der Waals surface area contributed by atoms with Crippen LogP contribution in [0, 0.1) is 0 Å². The molecule has 0 saturated carbocycles. The average Bonchev–Trinajstić information content (AvgIpc) is 2.75. The molecule has 0 aliphatic rings. The van der Waals surface area contributed by atoms with Gasteiger partial charge in [0.2, 0.25) is 11.8 Å². The number of para-hydroxylation sites is 1.